The summed E-state index contributed by atoms with van der Waals surface area (Å²) in [7, 11) is 1.72. The third-order valence-corrected chi connectivity index (χ3v) is 4.66. The molecular formula is C17H20FN3O3S. The Kier molecular flexibility index (Phi) is 5.50. The predicted molar refractivity (Wildman–Crippen MR) is 92.1 cm³/mol. The molecule has 2 amide bonds. The van der Waals surface area contributed by atoms with Crippen LogP contribution in [0.25, 0.3) is 0 Å². The van der Waals surface area contributed by atoms with Gasteiger partial charge in [-0.15, -0.1) is 11.3 Å². The Bertz CT molecular complexity index is 766. The molecule has 1 aliphatic heterocycles. The number of urea groups is 1. The van der Waals surface area contributed by atoms with Gasteiger partial charge in [0.1, 0.15) is 11.6 Å². The molecule has 6 nitrogen and oxygen atoms in total. The highest BCUT2D eigenvalue weighted by Crippen LogP contribution is 2.29. The summed E-state index contributed by atoms with van der Waals surface area (Å²) in [6.07, 6.45) is 0.482. The SMILES string of the molecule is Cc1nc(CN(C)C(=O)NCCc2cc(F)cc3c2OCOC3)cs1. The predicted octanol–water partition coefficient (Wildman–Crippen LogP) is 2.84. The molecule has 3 rings (SSSR count). The number of hydrogen-bond donors (Lipinski definition) is 1. The van der Waals surface area contributed by atoms with Gasteiger partial charge in [0, 0.05) is 24.5 Å². The zero-order chi connectivity index (χ0) is 17.8. The summed E-state index contributed by atoms with van der Waals surface area (Å²) in [4.78, 5) is 18.1. The minimum absolute atomic E-state index is 0.161. The van der Waals surface area contributed by atoms with Gasteiger partial charge < -0.3 is 19.7 Å². The van der Waals surface area contributed by atoms with Crippen LogP contribution in [0.5, 0.6) is 5.75 Å². The van der Waals surface area contributed by atoms with Crippen LogP contribution in [-0.4, -0.2) is 36.3 Å². The Labute approximate surface area is 149 Å². The van der Waals surface area contributed by atoms with Crippen LogP contribution in [0.3, 0.4) is 0 Å². The molecule has 0 saturated carbocycles. The number of amides is 2. The molecule has 134 valence electrons. The summed E-state index contributed by atoms with van der Waals surface area (Å²) in [5.41, 5.74) is 2.30. The van der Waals surface area contributed by atoms with E-state index >= 15 is 0 Å². The minimum atomic E-state index is -0.329. The summed E-state index contributed by atoms with van der Waals surface area (Å²) in [6.45, 7) is 3.27. The van der Waals surface area contributed by atoms with E-state index in [0.29, 0.717) is 37.4 Å². The molecule has 2 heterocycles. The molecule has 25 heavy (non-hydrogen) atoms. The lowest BCUT2D eigenvalue weighted by atomic mass is 10.1. The first-order valence-corrected chi connectivity index (χ1v) is 8.82. The molecule has 1 N–H and O–H groups in total. The maximum atomic E-state index is 13.7. The maximum Gasteiger partial charge on any atom is 0.317 e. The van der Waals surface area contributed by atoms with Crippen LogP contribution in [-0.2, 0) is 24.3 Å². The molecule has 1 aliphatic rings. The van der Waals surface area contributed by atoms with Crippen molar-refractivity contribution in [3.63, 3.8) is 0 Å². The average Bonchev–Trinajstić information content (AvgIpc) is 2.99. The highest BCUT2D eigenvalue weighted by atomic mass is 32.1. The summed E-state index contributed by atoms with van der Waals surface area (Å²) in [5, 5.41) is 5.76. The number of aromatic nitrogens is 1. The third-order valence-electron chi connectivity index (χ3n) is 3.83. The summed E-state index contributed by atoms with van der Waals surface area (Å²) < 4.78 is 24.3. The number of aryl methyl sites for hydroxylation is 1. The molecule has 2 aromatic rings. The molecule has 0 aliphatic carbocycles. The topological polar surface area (TPSA) is 63.7 Å². The van der Waals surface area contributed by atoms with Crippen LogP contribution in [0.1, 0.15) is 21.8 Å². The van der Waals surface area contributed by atoms with Crippen LogP contribution in [0, 0.1) is 12.7 Å². The van der Waals surface area contributed by atoms with Crippen molar-refractivity contribution in [3.8, 4) is 5.75 Å². The van der Waals surface area contributed by atoms with Gasteiger partial charge in [-0.25, -0.2) is 14.2 Å². The Morgan fingerprint density at radius 3 is 3.08 bits per heavy atom. The smallest absolute Gasteiger partial charge is 0.317 e. The van der Waals surface area contributed by atoms with Crippen molar-refractivity contribution in [2.45, 2.75) is 26.5 Å². The fourth-order valence-electron chi connectivity index (χ4n) is 2.68. The largest absolute Gasteiger partial charge is 0.467 e. The van der Waals surface area contributed by atoms with Gasteiger partial charge in [0.15, 0.2) is 6.79 Å². The van der Waals surface area contributed by atoms with E-state index < -0.39 is 0 Å². The van der Waals surface area contributed by atoms with Gasteiger partial charge in [-0.1, -0.05) is 0 Å². The zero-order valence-corrected chi connectivity index (χ0v) is 15.0. The molecular weight excluding hydrogens is 345 g/mol. The number of rotatable bonds is 5. The second kappa shape index (κ2) is 7.79. The standard InChI is InChI=1S/C17H20FN3O3S/c1-11-20-15(9-25-11)7-21(2)17(22)19-4-3-12-5-14(18)6-13-8-23-10-24-16(12)13/h5-6,9H,3-4,7-8,10H2,1-2H3,(H,19,22). The van der Waals surface area contributed by atoms with E-state index in [9.17, 15) is 9.18 Å². The number of benzene rings is 1. The molecule has 0 fully saturated rings. The zero-order valence-electron chi connectivity index (χ0n) is 14.2. The van der Waals surface area contributed by atoms with Crippen LogP contribution in [0.2, 0.25) is 0 Å². The third kappa shape index (κ3) is 4.46. The van der Waals surface area contributed by atoms with Gasteiger partial charge in [-0.3, -0.25) is 0 Å². The van der Waals surface area contributed by atoms with Crippen molar-refractivity contribution in [2.75, 3.05) is 20.4 Å². The highest BCUT2D eigenvalue weighted by Gasteiger charge is 2.17. The van der Waals surface area contributed by atoms with Gasteiger partial charge in [-0.05, 0) is 31.0 Å². The number of carbonyl (C=O) groups excluding carboxylic acids is 1. The summed E-state index contributed by atoms with van der Waals surface area (Å²) in [6, 6.07) is 2.67. The van der Waals surface area contributed by atoms with Crippen molar-refractivity contribution >= 4 is 17.4 Å². The first kappa shape index (κ1) is 17.6. The Morgan fingerprint density at radius 2 is 2.32 bits per heavy atom. The number of halogens is 1. The molecule has 0 saturated heterocycles. The summed E-state index contributed by atoms with van der Waals surface area (Å²) >= 11 is 1.56. The number of hydrogen-bond acceptors (Lipinski definition) is 5. The summed E-state index contributed by atoms with van der Waals surface area (Å²) in [5.74, 6) is 0.332. The lowest BCUT2D eigenvalue weighted by molar-refractivity contribution is -0.0172. The molecule has 1 aromatic carbocycles. The monoisotopic (exact) mass is 365 g/mol. The molecule has 0 unspecified atom stereocenters. The maximum absolute atomic E-state index is 13.7. The number of nitrogens with one attached hydrogen (secondary N) is 1. The molecule has 0 atom stereocenters. The molecule has 0 bridgehead atoms. The second-order valence-electron chi connectivity index (χ2n) is 5.86. The lowest BCUT2D eigenvalue weighted by Crippen LogP contribution is -2.37. The lowest BCUT2D eigenvalue weighted by Gasteiger charge is -2.21. The second-order valence-corrected chi connectivity index (χ2v) is 6.92. The van der Waals surface area contributed by atoms with Crippen LogP contribution in [0.4, 0.5) is 9.18 Å². The van der Waals surface area contributed by atoms with Crippen LogP contribution in [0.15, 0.2) is 17.5 Å². The van der Waals surface area contributed by atoms with Crippen molar-refractivity contribution in [3.05, 3.63) is 45.2 Å². The van der Waals surface area contributed by atoms with Gasteiger partial charge in [0.05, 0.1) is 23.9 Å². The quantitative estimate of drug-likeness (QED) is 0.885. The van der Waals surface area contributed by atoms with Gasteiger partial charge >= 0.3 is 6.03 Å². The van der Waals surface area contributed by atoms with Crippen molar-refractivity contribution in [1.82, 2.24) is 15.2 Å². The van der Waals surface area contributed by atoms with E-state index in [4.69, 9.17) is 9.47 Å². The Morgan fingerprint density at radius 1 is 1.48 bits per heavy atom. The normalized spacial score (nSPS) is 13.1. The fourth-order valence-corrected chi connectivity index (χ4v) is 3.28. The van der Waals surface area contributed by atoms with E-state index in [1.165, 1.54) is 12.1 Å². The average molecular weight is 365 g/mol. The van der Waals surface area contributed by atoms with Crippen LogP contribution >= 0.6 is 11.3 Å². The van der Waals surface area contributed by atoms with Gasteiger partial charge in [0.2, 0.25) is 0 Å². The Hall–Kier alpha value is -2.19. The van der Waals surface area contributed by atoms with E-state index in [-0.39, 0.29) is 18.6 Å². The molecule has 8 heteroatoms. The van der Waals surface area contributed by atoms with E-state index in [1.807, 2.05) is 12.3 Å². The first-order valence-electron chi connectivity index (χ1n) is 7.94. The molecule has 1 aromatic heterocycles. The van der Waals surface area contributed by atoms with E-state index in [0.717, 1.165) is 16.3 Å². The Balaban J connectivity index is 1.54. The first-order chi connectivity index (χ1) is 12.0. The van der Waals surface area contributed by atoms with Gasteiger partial charge in [0.25, 0.3) is 0 Å². The highest BCUT2D eigenvalue weighted by molar-refractivity contribution is 7.09. The number of carbonyl (C=O) groups is 1. The molecule has 0 radical (unpaired) electrons. The minimum Gasteiger partial charge on any atom is -0.467 e. The molecule has 0 spiro atoms. The number of thiazole rings is 1. The number of fused-ring (bicyclic) bond motifs is 1. The fraction of sp³-hybridized carbons (Fsp3) is 0.412. The van der Waals surface area contributed by atoms with Crippen molar-refractivity contribution < 1.29 is 18.7 Å². The van der Waals surface area contributed by atoms with Crippen LogP contribution < -0.4 is 10.1 Å². The number of nitrogens with zero attached hydrogens (tertiary/aromatic N) is 2. The van der Waals surface area contributed by atoms with Crippen molar-refractivity contribution in [2.24, 2.45) is 0 Å². The van der Waals surface area contributed by atoms with E-state index in [1.54, 1.807) is 23.3 Å². The van der Waals surface area contributed by atoms with Crippen molar-refractivity contribution in [1.29, 1.82) is 0 Å². The number of ether oxygens (including phenoxy) is 2. The van der Waals surface area contributed by atoms with Gasteiger partial charge in [-0.2, -0.15) is 0 Å². The van der Waals surface area contributed by atoms with E-state index in [2.05, 4.69) is 10.3 Å².